The first-order chi connectivity index (χ1) is 12.1. The van der Waals surface area contributed by atoms with Crippen molar-refractivity contribution >= 4 is 34.0 Å². The topological polar surface area (TPSA) is 75.6 Å². The molecule has 0 aliphatic rings. The Morgan fingerprint density at radius 1 is 1.16 bits per heavy atom. The fraction of sp³-hybridized carbons (Fsp3) is 0.158. The van der Waals surface area contributed by atoms with Crippen LogP contribution in [-0.2, 0) is 16.1 Å². The van der Waals surface area contributed by atoms with Gasteiger partial charge >= 0.3 is 5.97 Å². The van der Waals surface area contributed by atoms with Crippen LogP contribution in [0.15, 0.2) is 53.9 Å². The molecule has 2 N–H and O–H groups in total. The summed E-state index contributed by atoms with van der Waals surface area (Å²) in [5.74, 6) is -1.27. The highest BCUT2D eigenvalue weighted by molar-refractivity contribution is 7.09. The van der Waals surface area contributed by atoms with Crippen LogP contribution < -0.4 is 5.32 Å². The number of amides is 1. The van der Waals surface area contributed by atoms with Crippen LogP contribution in [0.5, 0.6) is 5.75 Å². The lowest BCUT2D eigenvalue weighted by atomic mass is 10.1. The van der Waals surface area contributed by atoms with E-state index in [1.807, 2.05) is 29.6 Å². The molecule has 1 heterocycles. The number of aromatic hydroxyl groups is 1. The number of esters is 1. The summed E-state index contributed by atoms with van der Waals surface area (Å²) in [5.41, 5.74) is 0.0385. The number of thiophene rings is 1. The maximum absolute atomic E-state index is 12.3. The number of rotatable bonds is 5. The zero-order chi connectivity index (χ0) is 17.8. The van der Waals surface area contributed by atoms with Gasteiger partial charge in [-0.25, -0.2) is 4.79 Å². The van der Waals surface area contributed by atoms with E-state index in [0.29, 0.717) is 11.9 Å². The van der Waals surface area contributed by atoms with Crippen LogP contribution in [0.1, 0.15) is 22.2 Å². The van der Waals surface area contributed by atoms with E-state index in [9.17, 15) is 14.7 Å². The van der Waals surface area contributed by atoms with E-state index < -0.39 is 12.1 Å². The normalized spacial score (nSPS) is 11.9. The molecule has 128 valence electrons. The fourth-order valence-corrected chi connectivity index (χ4v) is 3.07. The van der Waals surface area contributed by atoms with Crippen LogP contribution in [0.3, 0.4) is 0 Å². The zero-order valence-corrected chi connectivity index (χ0v) is 14.4. The van der Waals surface area contributed by atoms with Crippen LogP contribution in [0, 0.1) is 0 Å². The first-order valence-electron chi connectivity index (χ1n) is 7.78. The molecule has 3 aromatic rings. The molecule has 1 atom stereocenters. The molecule has 0 bridgehead atoms. The van der Waals surface area contributed by atoms with Crippen LogP contribution in [-0.4, -0.2) is 23.1 Å². The second-order valence-electron chi connectivity index (χ2n) is 5.53. The molecule has 5 nitrogen and oxygen atoms in total. The van der Waals surface area contributed by atoms with Gasteiger partial charge in [0.05, 0.1) is 6.54 Å². The standard InChI is InChI=1S/C19H17NO4S/c1-12(18(22)20-11-14-6-4-10-25-14)24-19(23)16-9-8-13-5-2-3-7-15(13)17(16)21/h2-10,12,21H,11H2,1H3,(H,20,22)/t12-/m0/s1. The number of benzene rings is 2. The van der Waals surface area contributed by atoms with Crippen molar-refractivity contribution in [1.82, 2.24) is 5.32 Å². The zero-order valence-electron chi connectivity index (χ0n) is 13.6. The van der Waals surface area contributed by atoms with E-state index in [2.05, 4.69) is 5.32 Å². The van der Waals surface area contributed by atoms with Crippen molar-refractivity contribution in [1.29, 1.82) is 0 Å². The molecule has 0 unspecified atom stereocenters. The molecule has 1 amide bonds. The lowest BCUT2D eigenvalue weighted by Crippen LogP contribution is -2.35. The molecule has 0 saturated carbocycles. The lowest BCUT2D eigenvalue weighted by molar-refractivity contribution is -0.129. The summed E-state index contributed by atoms with van der Waals surface area (Å²) in [6.07, 6.45) is -0.960. The average Bonchev–Trinajstić information content (AvgIpc) is 3.13. The second-order valence-corrected chi connectivity index (χ2v) is 6.56. The molecular formula is C19H17NO4S. The van der Waals surface area contributed by atoms with Gasteiger partial charge in [0.15, 0.2) is 6.10 Å². The molecule has 0 aliphatic heterocycles. The maximum atomic E-state index is 12.3. The van der Waals surface area contributed by atoms with E-state index in [4.69, 9.17) is 4.74 Å². The molecule has 0 saturated heterocycles. The predicted molar refractivity (Wildman–Crippen MR) is 96.7 cm³/mol. The number of ether oxygens (including phenoxy) is 1. The van der Waals surface area contributed by atoms with Crippen molar-refractivity contribution in [3.05, 3.63) is 64.4 Å². The summed E-state index contributed by atoms with van der Waals surface area (Å²) in [5, 5.41) is 16.3. The molecule has 6 heteroatoms. The number of carbonyl (C=O) groups excluding carboxylic acids is 2. The molecule has 0 aliphatic carbocycles. The van der Waals surface area contributed by atoms with Crippen molar-refractivity contribution < 1.29 is 19.4 Å². The minimum absolute atomic E-state index is 0.0385. The maximum Gasteiger partial charge on any atom is 0.342 e. The van der Waals surface area contributed by atoms with E-state index in [-0.39, 0.29) is 17.2 Å². The third-order valence-corrected chi connectivity index (χ3v) is 4.67. The van der Waals surface area contributed by atoms with Crippen molar-refractivity contribution in [2.45, 2.75) is 19.6 Å². The highest BCUT2D eigenvalue weighted by atomic mass is 32.1. The minimum atomic E-state index is -0.960. The summed E-state index contributed by atoms with van der Waals surface area (Å²) >= 11 is 1.53. The molecule has 3 rings (SSSR count). The number of hydrogen-bond donors (Lipinski definition) is 2. The second kappa shape index (κ2) is 7.36. The van der Waals surface area contributed by atoms with Gasteiger partial charge in [-0.2, -0.15) is 0 Å². The highest BCUT2D eigenvalue weighted by Crippen LogP contribution is 2.29. The van der Waals surface area contributed by atoms with Gasteiger partial charge in [-0.3, -0.25) is 4.79 Å². The third kappa shape index (κ3) is 3.80. The van der Waals surface area contributed by atoms with Crippen molar-refractivity contribution in [3.8, 4) is 5.75 Å². The van der Waals surface area contributed by atoms with Crippen LogP contribution in [0.4, 0.5) is 0 Å². The van der Waals surface area contributed by atoms with Gasteiger partial charge in [0.25, 0.3) is 5.91 Å². The van der Waals surface area contributed by atoms with E-state index in [1.165, 1.54) is 24.3 Å². The molecule has 1 aromatic heterocycles. The predicted octanol–water partition coefficient (Wildman–Crippen LogP) is 3.47. The van der Waals surface area contributed by atoms with E-state index >= 15 is 0 Å². The van der Waals surface area contributed by atoms with Gasteiger partial charge in [0.1, 0.15) is 11.3 Å². The Hall–Kier alpha value is -2.86. The lowest BCUT2D eigenvalue weighted by Gasteiger charge is -2.14. The Morgan fingerprint density at radius 3 is 2.72 bits per heavy atom. The summed E-state index contributed by atoms with van der Waals surface area (Å²) in [7, 11) is 0. The quantitative estimate of drug-likeness (QED) is 0.687. The molecule has 0 radical (unpaired) electrons. The fourth-order valence-electron chi connectivity index (χ4n) is 2.43. The summed E-state index contributed by atoms with van der Waals surface area (Å²) in [4.78, 5) is 25.4. The van der Waals surface area contributed by atoms with Gasteiger partial charge in [-0.1, -0.05) is 36.4 Å². The largest absolute Gasteiger partial charge is 0.506 e. The molecular weight excluding hydrogens is 338 g/mol. The Bertz CT molecular complexity index is 905. The molecule has 0 fully saturated rings. The minimum Gasteiger partial charge on any atom is -0.506 e. The Kier molecular flexibility index (Phi) is 5.00. The van der Waals surface area contributed by atoms with Crippen molar-refractivity contribution in [3.63, 3.8) is 0 Å². The van der Waals surface area contributed by atoms with Gasteiger partial charge in [0.2, 0.25) is 0 Å². The van der Waals surface area contributed by atoms with Gasteiger partial charge < -0.3 is 15.2 Å². The molecule has 25 heavy (non-hydrogen) atoms. The van der Waals surface area contributed by atoms with Crippen molar-refractivity contribution in [2.75, 3.05) is 0 Å². The summed E-state index contributed by atoms with van der Waals surface area (Å²) in [6, 6.07) is 14.2. The van der Waals surface area contributed by atoms with E-state index in [0.717, 1.165) is 10.3 Å². The number of phenolic OH excluding ortho intramolecular Hbond substituents is 1. The van der Waals surface area contributed by atoms with Crippen LogP contribution in [0.2, 0.25) is 0 Å². The van der Waals surface area contributed by atoms with Gasteiger partial charge in [-0.05, 0) is 29.8 Å². The summed E-state index contributed by atoms with van der Waals surface area (Å²) < 4.78 is 5.19. The van der Waals surface area contributed by atoms with Crippen LogP contribution >= 0.6 is 11.3 Å². The monoisotopic (exact) mass is 355 g/mol. The number of fused-ring (bicyclic) bond motifs is 1. The molecule has 2 aromatic carbocycles. The van der Waals surface area contributed by atoms with Gasteiger partial charge in [0, 0.05) is 10.3 Å². The SMILES string of the molecule is C[C@H](OC(=O)c1ccc2ccccc2c1O)C(=O)NCc1cccs1. The average molecular weight is 355 g/mol. The smallest absolute Gasteiger partial charge is 0.342 e. The number of nitrogens with one attached hydrogen (secondary N) is 1. The molecule has 0 spiro atoms. The Balaban J connectivity index is 1.67. The van der Waals surface area contributed by atoms with Crippen LogP contribution in [0.25, 0.3) is 10.8 Å². The Labute approximate surface area is 148 Å². The Morgan fingerprint density at radius 2 is 1.96 bits per heavy atom. The first kappa shape index (κ1) is 17.0. The van der Waals surface area contributed by atoms with E-state index in [1.54, 1.807) is 18.2 Å². The third-order valence-electron chi connectivity index (χ3n) is 3.79. The highest BCUT2D eigenvalue weighted by Gasteiger charge is 2.21. The summed E-state index contributed by atoms with van der Waals surface area (Å²) in [6.45, 7) is 1.89. The number of carbonyl (C=O) groups is 2. The number of hydrogen-bond acceptors (Lipinski definition) is 5. The number of phenols is 1. The first-order valence-corrected chi connectivity index (χ1v) is 8.66. The van der Waals surface area contributed by atoms with Crippen molar-refractivity contribution in [2.24, 2.45) is 0 Å². The van der Waals surface area contributed by atoms with Gasteiger partial charge in [-0.15, -0.1) is 11.3 Å².